The molecule has 0 unspecified atom stereocenters. The highest BCUT2D eigenvalue weighted by Crippen LogP contribution is 2.40. The van der Waals surface area contributed by atoms with E-state index < -0.39 is 5.91 Å². The highest BCUT2D eigenvalue weighted by atomic mass is 35.5. The van der Waals surface area contributed by atoms with Crippen LogP contribution >= 0.6 is 23.4 Å². The summed E-state index contributed by atoms with van der Waals surface area (Å²) in [6, 6.07) is 3.62. The first-order chi connectivity index (χ1) is 16.4. The second kappa shape index (κ2) is 10.8. The molecular formula is C23H29ClN6O3S. The molecule has 4 N–H and O–H groups in total. The molecule has 9 nitrogen and oxygen atoms in total. The number of primary amides is 1. The molecule has 4 rings (SSSR count). The van der Waals surface area contributed by atoms with Crippen LogP contribution in [0.2, 0.25) is 5.02 Å². The zero-order chi connectivity index (χ0) is 24.1. The molecule has 1 spiro atoms. The summed E-state index contributed by atoms with van der Waals surface area (Å²) in [5.41, 5.74) is 6.39. The number of anilines is 2. The van der Waals surface area contributed by atoms with Crippen LogP contribution in [-0.2, 0) is 9.53 Å². The minimum Gasteiger partial charge on any atom is -0.387 e. The molecule has 0 saturated carbocycles. The fourth-order valence-corrected chi connectivity index (χ4v) is 5.48. The average molecular weight is 505 g/mol. The Labute approximate surface area is 208 Å². The van der Waals surface area contributed by atoms with Crippen LogP contribution in [0, 0.1) is 5.41 Å². The van der Waals surface area contributed by atoms with Gasteiger partial charge in [-0.2, -0.15) is 0 Å². The lowest BCUT2D eigenvalue weighted by atomic mass is 9.78. The van der Waals surface area contributed by atoms with Crippen molar-refractivity contribution >= 4 is 46.7 Å². The number of nitrogens with two attached hydrogens (primary N) is 1. The van der Waals surface area contributed by atoms with E-state index in [9.17, 15) is 9.59 Å². The van der Waals surface area contributed by atoms with Crippen LogP contribution in [0.15, 0.2) is 34.4 Å². The third-order valence-electron chi connectivity index (χ3n) is 6.42. The zero-order valence-corrected chi connectivity index (χ0v) is 20.7. The van der Waals surface area contributed by atoms with Crippen molar-refractivity contribution in [1.82, 2.24) is 15.3 Å². The van der Waals surface area contributed by atoms with Crippen molar-refractivity contribution in [3.05, 3.63) is 35.1 Å². The molecule has 0 bridgehead atoms. The lowest BCUT2D eigenvalue weighted by molar-refractivity contribution is -0.117. The molecule has 2 aliphatic rings. The molecule has 1 aromatic carbocycles. The van der Waals surface area contributed by atoms with Gasteiger partial charge in [-0.1, -0.05) is 23.4 Å². The first-order valence-electron chi connectivity index (χ1n) is 11.3. The third-order valence-corrected chi connectivity index (χ3v) is 7.91. The number of nitrogens with zero attached hydrogens (tertiary/aromatic N) is 3. The fraction of sp³-hybridized carbons (Fsp3) is 0.478. The van der Waals surface area contributed by atoms with E-state index in [4.69, 9.17) is 22.1 Å². The fourth-order valence-electron chi connectivity index (χ4n) is 4.35. The number of benzene rings is 1. The van der Waals surface area contributed by atoms with Crippen molar-refractivity contribution in [2.24, 2.45) is 11.1 Å². The maximum absolute atomic E-state index is 12.7. The summed E-state index contributed by atoms with van der Waals surface area (Å²) in [7, 11) is 1.71. The highest BCUT2D eigenvalue weighted by Gasteiger charge is 2.38. The number of amides is 2. The second-order valence-corrected chi connectivity index (χ2v) is 10.1. The number of carbonyl (C=O) groups is 2. The Balaban J connectivity index is 1.43. The van der Waals surface area contributed by atoms with Crippen LogP contribution in [0.1, 0.15) is 36.0 Å². The maximum Gasteiger partial charge on any atom is 0.254 e. The van der Waals surface area contributed by atoms with Crippen molar-refractivity contribution in [3.63, 3.8) is 0 Å². The summed E-state index contributed by atoms with van der Waals surface area (Å²) >= 11 is 7.95. The first kappa shape index (κ1) is 24.6. The molecule has 1 aromatic heterocycles. The van der Waals surface area contributed by atoms with Crippen LogP contribution in [0.5, 0.6) is 0 Å². The van der Waals surface area contributed by atoms with Gasteiger partial charge >= 0.3 is 0 Å². The number of nitrogens with one attached hydrogen (secondary N) is 2. The number of aromatic nitrogens is 2. The Morgan fingerprint density at radius 1 is 1.24 bits per heavy atom. The van der Waals surface area contributed by atoms with Gasteiger partial charge in [0.25, 0.3) is 5.91 Å². The van der Waals surface area contributed by atoms with Gasteiger partial charge in [-0.3, -0.25) is 9.59 Å². The Kier molecular flexibility index (Phi) is 7.80. The quantitative estimate of drug-likeness (QED) is 0.501. The lowest BCUT2D eigenvalue weighted by Crippen LogP contribution is -2.40. The van der Waals surface area contributed by atoms with Gasteiger partial charge in [0.15, 0.2) is 0 Å². The van der Waals surface area contributed by atoms with Crippen molar-refractivity contribution in [3.8, 4) is 0 Å². The third kappa shape index (κ3) is 5.56. The van der Waals surface area contributed by atoms with E-state index in [1.54, 1.807) is 25.5 Å². The normalized spacial score (nSPS) is 17.1. The predicted octanol–water partition coefficient (Wildman–Crippen LogP) is 2.94. The first-order valence-corrected chi connectivity index (χ1v) is 12.5. The molecule has 3 heterocycles. The summed E-state index contributed by atoms with van der Waals surface area (Å²) in [6.45, 7) is 3.80. The number of ether oxygens (including phenoxy) is 1. The smallest absolute Gasteiger partial charge is 0.254 e. The Morgan fingerprint density at radius 2 is 2.03 bits per heavy atom. The average Bonchev–Trinajstić information content (AvgIpc) is 3.28. The molecule has 2 aliphatic heterocycles. The van der Waals surface area contributed by atoms with Crippen molar-refractivity contribution < 1.29 is 14.3 Å². The largest absolute Gasteiger partial charge is 0.387 e. The number of carbonyl (C=O) groups excluding carboxylic acids is 2. The van der Waals surface area contributed by atoms with Gasteiger partial charge in [0, 0.05) is 50.3 Å². The zero-order valence-electron chi connectivity index (χ0n) is 19.1. The van der Waals surface area contributed by atoms with Gasteiger partial charge in [-0.05, 0) is 36.8 Å². The molecular weight excluding hydrogens is 476 g/mol. The van der Waals surface area contributed by atoms with Crippen molar-refractivity contribution in [1.29, 1.82) is 0 Å². The van der Waals surface area contributed by atoms with E-state index in [0.29, 0.717) is 31.6 Å². The van der Waals surface area contributed by atoms with E-state index >= 15 is 0 Å². The Morgan fingerprint density at radius 3 is 2.65 bits per heavy atom. The number of hydrogen-bond acceptors (Lipinski definition) is 8. The standard InChI is InChI=1S/C23H29ClN6O3S/c1-26-15-2-3-16(21(24)20(15)22(32)27-8-4-17(25)31)34-19-13-28-18(12-29-19)30-9-5-23(6-10-30)7-11-33-14-23/h2-3,12-13,26H,4-11,14H2,1H3,(H2,25,31)(H,27,32). The summed E-state index contributed by atoms with van der Waals surface area (Å²) in [5, 5.41) is 6.65. The molecule has 182 valence electrons. The molecule has 2 aromatic rings. The monoisotopic (exact) mass is 504 g/mol. The number of piperidine rings is 1. The molecule has 0 radical (unpaired) electrons. The van der Waals surface area contributed by atoms with E-state index in [1.807, 2.05) is 6.07 Å². The van der Waals surface area contributed by atoms with Crippen LogP contribution in [-0.4, -0.2) is 61.7 Å². The van der Waals surface area contributed by atoms with Gasteiger partial charge in [0.1, 0.15) is 10.8 Å². The molecule has 2 amide bonds. The van der Waals surface area contributed by atoms with Gasteiger partial charge in [0.05, 0.1) is 29.6 Å². The molecule has 11 heteroatoms. The topological polar surface area (TPSA) is 122 Å². The molecule has 2 fully saturated rings. The van der Waals surface area contributed by atoms with Crippen LogP contribution < -0.4 is 21.3 Å². The van der Waals surface area contributed by atoms with E-state index in [1.165, 1.54) is 11.8 Å². The summed E-state index contributed by atoms with van der Waals surface area (Å²) in [5.74, 6) is 0.00227. The van der Waals surface area contributed by atoms with E-state index in [2.05, 4.69) is 25.5 Å². The van der Waals surface area contributed by atoms with Crippen molar-refractivity contribution in [2.75, 3.05) is 50.1 Å². The minimum atomic E-state index is -0.483. The van der Waals surface area contributed by atoms with E-state index in [-0.39, 0.29) is 18.9 Å². The summed E-state index contributed by atoms with van der Waals surface area (Å²) in [6.07, 6.45) is 6.96. The van der Waals surface area contributed by atoms with Gasteiger partial charge in [-0.15, -0.1) is 0 Å². The Bertz CT molecular complexity index is 1040. The van der Waals surface area contributed by atoms with Gasteiger partial charge in [0.2, 0.25) is 5.91 Å². The predicted molar refractivity (Wildman–Crippen MR) is 133 cm³/mol. The van der Waals surface area contributed by atoms with Gasteiger partial charge < -0.3 is 26.0 Å². The molecule has 2 saturated heterocycles. The lowest BCUT2D eigenvalue weighted by Gasteiger charge is -2.38. The molecule has 0 aliphatic carbocycles. The van der Waals surface area contributed by atoms with Crippen LogP contribution in [0.4, 0.5) is 11.5 Å². The van der Waals surface area contributed by atoms with Crippen LogP contribution in [0.3, 0.4) is 0 Å². The summed E-state index contributed by atoms with van der Waals surface area (Å²) in [4.78, 5) is 35.8. The number of hydrogen-bond donors (Lipinski definition) is 3. The SMILES string of the molecule is CNc1ccc(Sc2cnc(N3CCC4(CCOC4)CC3)cn2)c(Cl)c1C(=O)NCCC(N)=O. The highest BCUT2D eigenvalue weighted by molar-refractivity contribution is 7.99. The molecule has 0 atom stereocenters. The second-order valence-electron chi connectivity index (χ2n) is 8.63. The van der Waals surface area contributed by atoms with Crippen LogP contribution in [0.25, 0.3) is 0 Å². The molecule has 34 heavy (non-hydrogen) atoms. The van der Waals surface area contributed by atoms with Crippen molar-refractivity contribution in [2.45, 2.75) is 35.6 Å². The minimum absolute atomic E-state index is 0.0560. The Hall–Kier alpha value is -2.56. The van der Waals surface area contributed by atoms with Gasteiger partial charge in [-0.25, -0.2) is 9.97 Å². The number of halogens is 1. The summed E-state index contributed by atoms with van der Waals surface area (Å²) < 4.78 is 5.62. The number of rotatable bonds is 8. The maximum atomic E-state index is 12.7. The van der Waals surface area contributed by atoms with E-state index in [0.717, 1.165) is 51.4 Å².